The molecule has 0 spiro atoms. The normalized spacial score (nSPS) is 14.0. The Labute approximate surface area is 214 Å². The van der Waals surface area contributed by atoms with E-state index in [1.807, 2.05) is 18.2 Å². The molecule has 4 aromatic rings. The Morgan fingerprint density at radius 1 is 1.00 bits per heavy atom. The highest BCUT2D eigenvalue weighted by molar-refractivity contribution is 7.93. The predicted octanol–water partition coefficient (Wildman–Crippen LogP) is 3.67. The summed E-state index contributed by atoms with van der Waals surface area (Å²) in [5, 5.41) is 4.27. The molecule has 0 saturated heterocycles. The minimum absolute atomic E-state index is 0.0106. The summed E-state index contributed by atoms with van der Waals surface area (Å²) >= 11 is 0. The Morgan fingerprint density at radius 2 is 1.73 bits per heavy atom. The number of amides is 1. The van der Waals surface area contributed by atoms with Crippen molar-refractivity contribution in [2.24, 2.45) is 0 Å². The van der Waals surface area contributed by atoms with Crippen molar-refractivity contribution in [3.63, 3.8) is 0 Å². The summed E-state index contributed by atoms with van der Waals surface area (Å²) in [5.74, 6) is -0.342. The van der Waals surface area contributed by atoms with Crippen LogP contribution in [0.4, 0.5) is 17.3 Å². The van der Waals surface area contributed by atoms with E-state index < -0.39 is 20.0 Å². The van der Waals surface area contributed by atoms with Crippen LogP contribution in [0.1, 0.15) is 18.5 Å². The average molecular weight is 538 g/mol. The lowest BCUT2D eigenvalue weighted by molar-refractivity contribution is -0.116. The number of rotatable bonds is 8. The monoisotopic (exact) mass is 537 g/mol. The number of hydrogen-bond donors (Lipinski definition) is 2. The minimum atomic E-state index is -3.90. The Kier molecular flexibility index (Phi) is 6.30. The number of nitrogens with zero attached hydrogens (tertiary/aromatic N) is 3. The molecule has 12 heteroatoms. The van der Waals surface area contributed by atoms with Gasteiger partial charge in [0.15, 0.2) is 0 Å². The zero-order valence-corrected chi connectivity index (χ0v) is 21.4. The second-order valence-corrected chi connectivity index (χ2v) is 12.0. The number of carbonyl (C=O) groups excluding carboxylic acids is 1. The molecule has 1 amide bonds. The first-order valence-electron chi connectivity index (χ1n) is 11.4. The molecule has 5 rings (SSSR count). The van der Waals surface area contributed by atoms with E-state index in [4.69, 9.17) is 0 Å². The maximum atomic E-state index is 13.0. The van der Waals surface area contributed by atoms with Gasteiger partial charge in [-0.25, -0.2) is 31.5 Å². The van der Waals surface area contributed by atoms with Crippen molar-refractivity contribution in [2.45, 2.75) is 29.6 Å². The van der Waals surface area contributed by atoms with Gasteiger partial charge in [-0.05, 0) is 61.2 Å². The van der Waals surface area contributed by atoms with E-state index in [1.165, 1.54) is 34.8 Å². The maximum Gasteiger partial charge on any atom is 0.265 e. The van der Waals surface area contributed by atoms with Gasteiger partial charge < -0.3 is 5.32 Å². The van der Waals surface area contributed by atoms with Crippen molar-refractivity contribution in [3.05, 3.63) is 78.6 Å². The molecule has 10 nitrogen and oxygen atoms in total. The molecule has 0 bridgehead atoms. The lowest BCUT2D eigenvalue weighted by Crippen LogP contribution is -2.28. The molecule has 0 atom stereocenters. The maximum absolute atomic E-state index is 13.0. The minimum Gasteiger partial charge on any atom is -0.326 e. The predicted molar refractivity (Wildman–Crippen MR) is 140 cm³/mol. The molecule has 2 heterocycles. The fraction of sp³-hybridized carbons (Fsp3) is 0.160. The highest BCUT2D eigenvalue weighted by atomic mass is 32.2. The van der Waals surface area contributed by atoms with E-state index in [0.717, 1.165) is 5.39 Å². The van der Waals surface area contributed by atoms with Crippen molar-refractivity contribution < 1.29 is 21.6 Å². The van der Waals surface area contributed by atoms with Gasteiger partial charge in [0.05, 0.1) is 15.5 Å². The summed E-state index contributed by atoms with van der Waals surface area (Å²) in [5.41, 5.74) is 1.66. The van der Waals surface area contributed by atoms with Crippen molar-refractivity contribution >= 4 is 54.0 Å². The van der Waals surface area contributed by atoms with E-state index in [2.05, 4.69) is 20.0 Å². The van der Waals surface area contributed by atoms with Crippen LogP contribution >= 0.6 is 0 Å². The standard InChI is InChI=1S/C25H23N5O5S2/c1-17-14-15-26-25(27-17)29-36(32,33)20-12-10-19(11-13-20)28-23(31)9-4-16-30-21-7-2-5-18-6-3-8-22(24(18)21)37(30,34)35/h2-3,5-8,10-15H,4,9,16H2,1H3,(H,28,31)(H,26,27,29). The number of aryl methyl sites for hydroxylation is 1. The van der Waals surface area contributed by atoms with Gasteiger partial charge in [-0.1, -0.05) is 24.3 Å². The summed E-state index contributed by atoms with van der Waals surface area (Å²) in [6.45, 7) is 1.88. The molecule has 190 valence electrons. The number of sulfonamides is 2. The van der Waals surface area contributed by atoms with Crippen LogP contribution in [-0.4, -0.2) is 39.3 Å². The van der Waals surface area contributed by atoms with Crippen LogP contribution in [0.15, 0.2) is 82.7 Å². The number of aromatic nitrogens is 2. The van der Waals surface area contributed by atoms with Gasteiger partial charge in [-0.15, -0.1) is 0 Å². The van der Waals surface area contributed by atoms with Crippen LogP contribution in [0.5, 0.6) is 0 Å². The van der Waals surface area contributed by atoms with Gasteiger partial charge >= 0.3 is 0 Å². The van der Waals surface area contributed by atoms with Gasteiger partial charge in [-0.3, -0.25) is 9.10 Å². The molecule has 0 fully saturated rings. The quantitative estimate of drug-likeness (QED) is 0.350. The lowest BCUT2D eigenvalue weighted by atomic mass is 10.1. The average Bonchev–Trinajstić information content (AvgIpc) is 3.07. The third-order valence-corrected chi connectivity index (χ3v) is 9.11. The summed E-state index contributed by atoms with van der Waals surface area (Å²) < 4.78 is 54.9. The number of anilines is 3. The number of carbonyl (C=O) groups is 1. The zero-order valence-electron chi connectivity index (χ0n) is 19.7. The fourth-order valence-corrected chi connectivity index (χ4v) is 6.90. The molecular formula is C25H23N5O5S2. The van der Waals surface area contributed by atoms with Gasteiger partial charge in [0.1, 0.15) is 0 Å². The fourth-order valence-electron chi connectivity index (χ4n) is 4.20. The van der Waals surface area contributed by atoms with Gasteiger partial charge in [0, 0.05) is 35.9 Å². The van der Waals surface area contributed by atoms with Crippen molar-refractivity contribution in [1.29, 1.82) is 0 Å². The molecule has 1 aromatic heterocycles. The zero-order chi connectivity index (χ0) is 26.2. The second-order valence-electron chi connectivity index (χ2n) is 8.51. The van der Waals surface area contributed by atoms with Crippen LogP contribution < -0.4 is 14.3 Å². The molecule has 2 N–H and O–H groups in total. The van der Waals surface area contributed by atoms with Crippen molar-refractivity contribution in [1.82, 2.24) is 9.97 Å². The number of nitrogens with one attached hydrogen (secondary N) is 2. The largest absolute Gasteiger partial charge is 0.326 e. The lowest BCUT2D eigenvalue weighted by Gasteiger charge is -2.18. The third-order valence-electron chi connectivity index (χ3n) is 5.92. The highest BCUT2D eigenvalue weighted by Gasteiger charge is 2.35. The first-order chi connectivity index (χ1) is 17.6. The Morgan fingerprint density at radius 3 is 2.46 bits per heavy atom. The second kappa shape index (κ2) is 9.45. The number of hydrogen-bond acceptors (Lipinski definition) is 7. The molecule has 0 aliphatic carbocycles. The molecule has 37 heavy (non-hydrogen) atoms. The van der Waals surface area contributed by atoms with Gasteiger partial charge in [0.2, 0.25) is 11.9 Å². The topological polar surface area (TPSA) is 138 Å². The van der Waals surface area contributed by atoms with Gasteiger partial charge in [0.25, 0.3) is 20.0 Å². The van der Waals surface area contributed by atoms with Crippen LogP contribution in [0, 0.1) is 6.92 Å². The Hall–Kier alpha value is -4.03. The van der Waals surface area contributed by atoms with Gasteiger partial charge in [-0.2, -0.15) is 0 Å². The molecule has 1 aliphatic rings. The van der Waals surface area contributed by atoms with Crippen LogP contribution in [0.2, 0.25) is 0 Å². The van der Waals surface area contributed by atoms with E-state index >= 15 is 0 Å². The summed E-state index contributed by atoms with van der Waals surface area (Å²) in [6, 6.07) is 18.0. The third kappa shape index (κ3) is 4.85. The summed E-state index contributed by atoms with van der Waals surface area (Å²) in [4.78, 5) is 20.7. The van der Waals surface area contributed by atoms with Crippen molar-refractivity contribution in [2.75, 3.05) is 20.9 Å². The summed E-state index contributed by atoms with van der Waals surface area (Å²) in [7, 11) is -7.57. The number of benzene rings is 3. The molecule has 0 radical (unpaired) electrons. The molecule has 1 aliphatic heterocycles. The Bertz CT molecular complexity index is 1720. The van der Waals surface area contributed by atoms with Crippen LogP contribution in [0.3, 0.4) is 0 Å². The molecule has 0 unspecified atom stereocenters. The first kappa shape index (κ1) is 24.7. The van der Waals surface area contributed by atoms with E-state index in [-0.39, 0.29) is 34.6 Å². The molecule has 3 aromatic carbocycles. The van der Waals surface area contributed by atoms with Crippen molar-refractivity contribution in [3.8, 4) is 0 Å². The molecule has 0 saturated carbocycles. The SMILES string of the molecule is Cc1ccnc(NS(=O)(=O)c2ccc(NC(=O)CCCN3c4cccc5cccc(c45)S3(=O)=O)cc2)n1. The van der Waals surface area contributed by atoms with Crippen LogP contribution in [-0.2, 0) is 24.8 Å². The Balaban J connectivity index is 1.19. The summed E-state index contributed by atoms with van der Waals surface area (Å²) in [6.07, 6.45) is 1.85. The van der Waals surface area contributed by atoms with Crippen LogP contribution in [0.25, 0.3) is 10.8 Å². The smallest absolute Gasteiger partial charge is 0.265 e. The first-order valence-corrected chi connectivity index (χ1v) is 14.3. The molecular weight excluding hydrogens is 514 g/mol. The van der Waals surface area contributed by atoms with E-state index in [0.29, 0.717) is 28.9 Å². The van der Waals surface area contributed by atoms with E-state index in [9.17, 15) is 21.6 Å². The van der Waals surface area contributed by atoms with E-state index in [1.54, 1.807) is 31.2 Å². The highest BCUT2D eigenvalue weighted by Crippen LogP contribution is 2.42.